The largest absolute Gasteiger partial charge is 0.494 e. The Hall–Kier alpha value is -2.87. The van der Waals surface area contributed by atoms with Crippen LogP contribution in [0, 0.1) is 6.92 Å². The molecule has 2 saturated heterocycles. The maximum atomic E-state index is 13.0. The summed E-state index contributed by atoms with van der Waals surface area (Å²) in [6, 6.07) is 9.62. The number of hydrogen-bond donors (Lipinski definition) is 0. The van der Waals surface area contributed by atoms with Crippen LogP contribution in [0.15, 0.2) is 30.3 Å². The van der Waals surface area contributed by atoms with Gasteiger partial charge in [-0.1, -0.05) is 13.3 Å². The number of carbonyl (C=O) groups is 1. The highest BCUT2D eigenvalue weighted by Gasteiger charge is 2.24. The second-order valence-electron chi connectivity index (χ2n) is 8.93. The van der Waals surface area contributed by atoms with E-state index in [9.17, 15) is 4.79 Å². The van der Waals surface area contributed by atoms with Crippen LogP contribution >= 0.6 is 0 Å². The number of nitrogens with zero attached hydrogens (tertiary/aromatic N) is 6. The lowest BCUT2D eigenvalue weighted by atomic mass is 10.1. The maximum Gasteiger partial charge on any atom is 0.253 e. The van der Waals surface area contributed by atoms with Gasteiger partial charge < -0.3 is 24.3 Å². The Bertz CT molecular complexity index is 919. The van der Waals surface area contributed by atoms with Gasteiger partial charge in [0.25, 0.3) is 5.91 Å². The third kappa shape index (κ3) is 5.93. The Morgan fingerprint density at radius 2 is 1.48 bits per heavy atom. The van der Waals surface area contributed by atoms with Gasteiger partial charge in [-0.2, -0.15) is 0 Å². The smallest absolute Gasteiger partial charge is 0.253 e. The van der Waals surface area contributed by atoms with E-state index in [1.165, 1.54) is 0 Å². The van der Waals surface area contributed by atoms with Gasteiger partial charge in [0.15, 0.2) is 0 Å². The second-order valence-corrected chi connectivity index (χ2v) is 8.93. The Morgan fingerprint density at radius 3 is 2.06 bits per heavy atom. The molecular formula is C25H36N6O2. The highest BCUT2D eigenvalue weighted by atomic mass is 16.5. The summed E-state index contributed by atoms with van der Waals surface area (Å²) >= 11 is 0. The minimum atomic E-state index is 0.0757. The van der Waals surface area contributed by atoms with E-state index in [1.807, 2.05) is 36.1 Å². The molecule has 1 amide bonds. The SMILES string of the molecule is CCCCOc1ccc(C(=O)N2CCN(c3cc(N4CCN(C)CC4)nc(C)n3)CC2)cc1. The van der Waals surface area contributed by atoms with Crippen molar-refractivity contribution >= 4 is 17.5 Å². The molecule has 0 radical (unpaired) electrons. The molecule has 2 aromatic rings. The Kier molecular flexibility index (Phi) is 7.65. The summed E-state index contributed by atoms with van der Waals surface area (Å²) in [4.78, 5) is 31.2. The zero-order valence-corrected chi connectivity index (χ0v) is 20.2. The summed E-state index contributed by atoms with van der Waals surface area (Å²) in [5.74, 6) is 3.65. The van der Waals surface area contributed by atoms with E-state index >= 15 is 0 Å². The quantitative estimate of drug-likeness (QED) is 0.599. The normalized spacial score (nSPS) is 17.4. The van der Waals surface area contributed by atoms with Gasteiger partial charge in [0, 0.05) is 64.0 Å². The predicted molar refractivity (Wildman–Crippen MR) is 131 cm³/mol. The van der Waals surface area contributed by atoms with E-state index in [4.69, 9.17) is 9.72 Å². The highest BCUT2D eigenvalue weighted by molar-refractivity contribution is 5.94. The van der Waals surface area contributed by atoms with Crippen LogP contribution in [0.1, 0.15) is 35.9 Å². The Labute approximate surface area is 197 Å². The zero-order valence-electron chi connectivity index (χ0n) is 20.2. The first-order chi connectivity index (χ1) is 16.0. The van der Waals surface area contributed by atoms with Crippen LogP contribution in [0.5, 0.6) is 5.75 Å². The van der Waals surface area contributed by atoms with Crippen molar-refractivity contribution in [2.45, 2.75) is 26.7 Å². The highest BCUT2D eigenvalue weighted by Crippen LogP contribution is 2.22. The molecule has 178 valence electrons. The molecule has 0 aliphatic carbocycles. The summed E-state index contributed by atoms with van der Waals surface area (Å²) < 4.78 is 5.71. The summed E-state index contributed by atoms with van der Waals surface area (Å²) in [6.07, 6.45) is 2.14. The Balaban J connectivity index is 1.34. The molecule has 33 heavy (non-hydrogen) atoms. The fraction of sp³-hybridized carbons (Fsp3) is 0.560. The minimum Gasteiger partial charge on any atom is -0.494 e. The molecule has 2 fully saturated rings. The van der Waals surface area contributed by atoms with Gasteiger partial charge in [0.1, 0.15) is 23.2 Å². The topological polar surface area (TPSA) is 65.0 Å². The standard InChI is InChI=1S/C25H36N6O2/c1-4-5-18-33-22-8-6-21(7-9-22)25(32)31-16-14-30(15-17-31)24-19-23(26-20(2)27-24)29-12-10-28(3)11-13-29/h6-9,19H,4-5,10-18H2,1-3H3. The molecule has 1 aromatic carbocycles. The molecule has 0 N–H and O–H groups in total. The molecule has 4 rings (SSSR count). The predicted octanol–water partition coefficient (Wildman–Crippen LogP) is 2.68. The lowest BCUT2D eigenvalue weighted by Crippen LogP contribution is -2.49. The number of ether oxygens (including phenoxy) is 1. The van der Waals surface area contributed by atoms with Crippen molar-refractivity contribution < 1.29 is 9.53 Å². The number of piperazine rings is 2. The van der Waals surface area contributed by atoms with Crippen LogP contribution in [0.2, 0.25) is 0 Å². The third-order valence-electron chi connectivity index (χ3n) is 6.40. The molecular weight excluding hydrogens is 416 g/mol. The lowest BCUT2D eigenvalue weighted by Gasteiger charge is -2.37. The van der Waals surface area contributed by atoms with Crippen molar-refractivity contribution in [3.8, 4) is 5.75 Å². The van der Waals surface area contributed by atoms with E-state index in [0.29, 0.717) is 25.3 Å². The number of aryl methyl sites for hydroxylation is 1. The average molecular weight is 453 g/mol. The number of carbonyl (C=O) groups excluding carboxylic acids is 1. The fourth-order valence-corrected chi connectivity index (χ4v) is 4.25. The van der Waals surface area contributed by atoms with Gasteiger partial charge in [-0.05, 0) is 44.7 Å². The lowest BCUT2D eigenvalue weighted by molar-refractivity contribution is 0.0746. The average Bonchev–Trinajstić information content (AvgIpc) is 2.84. The van der Waals surface area contributed by atoms with Crippen LogP contribution in [0.3, 0.4) is 0 Å². The summed E-state index contributed by atoms with van der Waals surface area (Å²) in [7, 11) is 2.16. The van der Waals surface area contributed by atoms with Crippen molar-refractivity contribution in [1.29, 1.82) is 0 Å². The first-order valence-electron chi connectivity index (χ1n) is 12.1. The van der Waals surface area contributed by atoms with Crippen LogP contribution in [0.4, 0.5) is 11.6 Å². The number of anilines is 2. The second kappa shape index (κ2) is 10.8. The summed E-state index contributed by atoms with van der Waals surface area (Å²) in [5.41, 5.74) is 0.710. The van der Waals surface area contributed by atoms with Gasteiger partial charge in [0.2, 0.25) is 0 Å². The number of benzene rings is 1. The fourth-order valence-electron chi connectivity index (χ4n) is 4.25. The van der Waals surface area contributed by atoms with Crippen molar-refractivity contribution in [3.05, 3.63) is 41.7 Å². The van der Waals surface area contributed by atoms with E-state index in [2.05, 4.69) is 39.7 Å². The molecule has 1 aromatic heterocycles. The number of aromatic nitrogens is 2. The molecule has 3 heterocycles. The van der Waals surface area contributed by atoms with Crippen LogP contribution < -0.4 is 14.5 Å². The monoisotopic (exact) mass is 452 g/mol. The first-order valence-corrected chi connectivity index (χ1v) is 12.1. The van der Waals surface area contributed by atoms with Crippen molar-refractivity contribution in [2.75, 3.05) is 75.8 Å². The van der Waals surface area contributed by atoms with E-state index in [-0.39, 0.29) is 5.91 Å². The Morgan fingerprint density at radius 1 is 0.909 bits per heavy atom. The molecule has 8 nitrogen and oxygen atoms in total. The molecule has 0 spiro atoms. The van der Waals surface area contributed by atoms with Gasteiger partial charge in [0.05, 0.1) is 6.61 Å². The molecule has 0 unspecified atom stereocenters. The molecule has 0 atom stereocenters. The maximum absolute atomic E-state index is 13.0. The molecule has 8 heteroatoms. The van der Waals surface area contributed by atoms with E-state index < -0.39 is 0 Å². The number of amides is 1. The third-order valence-corrected chi connectivity index (χ3v) is 6.40. The molecule has 2 aliphatic heterocycles. The van der Waals surface area contributed by atoms with Gasteiger partial charge in [-0.15, -0.1) is 0 Å². The number of hydrogen-bond acceptors (Lipinski definition) is 7. The minimum absolute atomic E-state index is 0.0757. The van der Waals surface area contributed by atoms with Gasteiger partial charge in [-0.25, -0.2) is 9.97 Å². The van der Waals surface area contributed by atoms with Crippen molar-refractivity contribution in [2.24, 2.45) is 0 Å². The van der Waals surface area contributed by atoms with Crippen LogP contribution in [-0.4, -0.2) is 91.7 Å². The van der Waals surface area contributed by atoms with Gasteiger partial charge in [-0.3, -0.25) is 4.79 Å². The van der Waals surface area contributed by atoms with Crippen LogP contribution in [-0.2, 0) is 0 Å². The zero-order chi connectivity index (χ0) is 23.2. The van der Waals surface area contributed by atoms with Crippen LogP contribution in [0.25, 0.3) is 0 Å². The van der Waals surface area contributed by atoms with E-state index in [1.54, 1.807) is 0 Å². The summed E-state index contributed by atoms with van der Waals surface area (Å²) in [5, 5.41) is 0. The molecule has 0 bridgehead atoms. The van der Waals surface area contributed by atoms with E-state index in [0.717, 1.165) is 75.3 Å². The first kappa shape index (κ1) is 23.3. The number of rotatable bonds is 7. The van der Waals surface area contributed by atoms with Gasteiger partial charge >= 0.3 is 0 Å². The molecule has 0 saturated carbocycles. The van der Waals surface area contributed by atoms with Crippen molar-refractivity contribution in [3.63, 3.8) is 0 Å². The number of unbranched alkanes of at least 4 members (excludes halogenated alkanes) is 1. The van der Waals surface area contributed by atoms with Crippen molar-refractivity contribution in [1.82, 2.24) is 19.8 Å². The molecule has 2 aliphatic rings. The number of likely N-dealkylation sites (N-methyl/N-ethyl adjacent to an activating group) is 1. The summed E-state index contributed by atoms with van der Waals surface area (Å²) in [6.45, 7) is 11.8.